The number of ether oxygens (including phenoxy) is 1. The van der Waals surface area contributed by atoms with E-state index in [1.54, 1.807) is 18.7 Å². The van der Waals surface area contributed by atoms with E-state index in [4.69, 9.17) is 9.26 Å². The molecule has 0 aromatic carbocycles. The molecule has 32 heavy (non-hydrogen) atoms. The van der Waals surface area contributed by atoms with Gasteiger partial charge in [-0.05, 0) is 32.1 Å². The zero-order valence-electron chi connectivity index (χ0n) is 17.7. The quantitative estimate of drug-likeness (QED) is 0.567. The number of halogens is 3. The fraction of sp³-hybridized carbons (Fsp3) is 0.571. The number of carbonyl (C=O) groups is 2. The van der Waals surface area contributed by atoms with E-state index in [1.807, 2.05) is 0 Å². The molecule has 172 valence electrons. The standard InChI is InChI=1S/C21H23F3N4O4/c1-12-26-18(27-32-12)20(2,19(30)28-6-3-7-28)9-16(29)15-8-17(31-11-21(22,23)24)14(10-25-15)13-4-5-13/h8,10,13H,3-7,9,11H2,1-2H3. The van der Waals surface area contributed by atoms with Crippen molar-refractivity contribution in [2.45, 2.75) is 57.0 Å². The second-order valence-corrected chi connectivity index (χ2v) is 8.50. The Bertz CT molecular complexity index is 1030. The molecule has 11 heteroatoms. The average molecular weight is 452 g/mol. The van der Waals surface area contributed by atoms with Gasteiger partial charge in [0, 0.05) is 44.3 Å². The molecule has 0 spiro atoms. The zero-order chi connectivity index (χ0) is 23.1. The Morgan fingerprint density at radius 3 is 2.53 bits per heavy atom. The number of carbonyl (C=O) groups excluding carboxylic acids is 2. The molecule has 1 saturated carbocycles. The zero-order valence-corrected chi connectivity index (χ0v) is 17.7. The summed E-state index contributed by atoms with van der Waals surface area (Å²) in [5.41, 5.74) is -0.910. The number of hydrogen-bond acceptors (Lipinski definition) is 7. The van der Waals surface area contributed by atoms with Gasteiger partial charge in [0.05, 0.1) is 0 Å². The van der Waals surface area contributed by atoms with Crippen LogP contribution in [0.1, 0.15) is 66.3 Å². The van der Waals surface area contributed by atoms with Crippen molar-refractivity contribution >= 4 is 11.7 Å². The molecule has 0 bridgehead atoms. The molecule has 8 nitrogen and oxygen atoms in total. The van der Waals surface area contributed by atoms with E-state index < -0.39 is 24.0 Å². The van der Waals surface area contributed by atoms with Crippen molar-refractivity contribution in [1.29, 1.82) is 0 Å². The number of amides is 1. The first-order chi connectivity index (χ1) is 15.1. The van der Waals surface area contributed by atoms with Crippen molar-refractivity contribution < 1.29 is 32.0 Å². The fourth-order valence-corrected chi connectivity index (χ4v) is 3.64. The van der Waals surface area contributed by atoms with E-state index in [2.05, 4.69) is 15.1 Å². The van der Waals surface area contributed by atoms with E-state index in [0.717, 1.165) is 19.3 Å². The highest BCUT2D eigenvalue weighted by atomic mass is 19.4. The van der Waals surface area contributed by atoms with Crippen LogP contribution >= 0.6 is 0 Å². The smallest absolute Gasteiger partial charge is 0.422 e. The lowest BCUT2D eigenvalue weighted by atomic mass is 9.81. The molecule has 0 N–H and O–H groups in total. The molecule has 3 heterocycles. The van der Waals surface area contributed by atoms with Gasteiger partial charge >= 0.3 is 6.18 Å². The Morgan fingerprint density at radius 2 is 2.00 bits per heavy atom. The lowest BCUT2D eigenvalue weighted by molar-refractivity contribution is -0.153. The molecule has 1 atom stereocenters. The third-order valence-electron chi connectivity index (χ3n) is 5.74. The van der Waals surface area contributed by atoms with Crippen molar-refractivity contribution in [2.24, 2.45) is 0 Å². The second-order valence-electron chi connectivity index (χ2n) is 8.50. The van der Waals surface area contributed by atoms with Crippen molar-refractivity contribution in [2.75, 3.05) is 19.7 Å². The minimum atomic E-state index is -4.51. The summed E-state index contributed by atoms with van der Waals surface area (Å²) < 4.78 is 48.1. The Kier molecular flexibility index (Phi) is 5.68. The molecular weight excluding hydrogens is 429 g/mol. The van der Waals surface area contributed by atoms with E-state index in [1.165, 1.54) is 12.3 Å². The minimum absolute atomic E-state index is 0.00523. The maximum absolute atomic E-state index is 13.1. The number of hydrogen-bond donors (Lipinski definition) is 0. The molecule has 1 unspecified atom stereocenters. The van der Waals surface area contributed by atoms with E-state index in [0.29, 0.717) is 18.7 Å². The van der Waals surface area contributed by atoms with Crippen molar-refractivity contribution in [3.63, 3.8) is 0 Å². The Labute approximate surface area is 182 Å². The van der Waals surface area contributed by atoms with Crippen LogP contribution in [-0.4, -0.2) is 57.6 Å². The Hall–Kier alpha value is -2.98. The maximum atomic E-state index is 13.1. The van der Waals surface area contributed by atoms with E-state index >= 15 is 0 Å². The van der Waals surface area contributed by atoms with Gasteiger partial charge in [-0.3, -0.25) is 14.6 Å². The first-order valence-corrected chi connectivity index (χ1v) is 10.4. The summed E-state index contributed by atoms with van der Waals surface area (Å²) in [6.45, 7) is 2.83. The third-order valence-corrected chi connectivity index (χ3v) is 5.74. The Morgan fingerprint density at radius 1 is 1.28 bits per heavy atom. The maximum Gasteiger partial charge on any atom is 0.422 e. The van der Waals surface area contributed by atoms with Crippen LogP contribution in [0.3, 0.4) is 0 Å². The van der Waals surface area contributed by atoms with E-state index in [9.17, 15) is 22.8 Å². The minimum Gasteiger partial charge on any atom is -0.484 e. The number of Topliss-reactive ketones (excluding diaryl/α,β-unsaturated/α-hetero) is 1. The molecule has 1 aliphatic heterocycles. The van der Waals surface area contributed by atoms with Gasteiger partial charge in [0.25, 0.3) is 0 Å². The van der Waals surface area contributed by atoms with Gasteiger partial charge in [-0.25, -0.2) is 0 Å². The van der Waals surface area contributed by atoms with Crippen LogP contribution in [0.5, 0.6) is 5.75 Å². The molecule has 1 aliphatic carbocycles. The summed E-state index contributed by atoms with van der Waals surface area (Å²) in [5.74, 6) is -0.415. The van der Waals surface area contributed by atoms with Crippen LogP contribution in [0.4, 0.5) is 13.2 Å². The average Bonchev–Trinajstić information content (AvgIpc) is 3.43. The summed E-state index contributed by atoms with van der Waals surface area (Å²) in [4.78, 5) is 36.2. The van der Waals surface area contributed by atoms with Gasteiger partial charge in [-0.2, -0.15) is 18.2 Å². The molecule has 1 amide bonds. The Balaban J connectivity index is 1.61. The first kappa shape index (κ1) is 22.2. The lowest BCUT2D eigenvalue weighted by Crippen LogP contribution is -2.52. The third kappa shape index (κ3) is 4.61. The van der Waals surface area contributed by atoms with Crippen LogP contribution in [0.25, 0.3) is 0 Å². The van der Waals surface area contributed by atoms with E-state index in [-0.39, 0.29) is 41.4 Å². The molecule has 2 aromatic rings. The van der Waals surface area contributed by atoms with Crippen LogP contribution in [-0.2, 0) is 10.2 Å². The highest BCUT2D eigenvalue weighted by molar-refractivity contribution is 6.00. The normalized spacial score (nSPS) is 18.1. The van der Waals surface area contributed by atoms with Gasteiger partial charge in [-0.1, -0.05) is 5.16 Å². The molecule has 2 aromatic heterocycles. The summed E-state index contributed by atoms with van der Waals surface area (Å²) >= 11 is 0. The number of aromatic nitrogens is 3. The fourth-order valence-electron chi connectivity index (χ4n) is 3.64. The van der Waals surface area contributed by atoms with Crippen LogP contribution in [0.15, 0.2) is 16.8 Å². The van der Waals surface area contributed by atoms with Gasteiger partial charge in [0.1, 0.15) is 16.9 Å². The molecule has 1 saturated heterocycles. The topological polar surface area (TPSA) is 98.4 Å². The molecule has 0 radical (unpaired) electrons. The van der Waals surface area contributed by atoms with Crippen LogP contribution < -0.4 is 4.74 Å². The predicted octanol–water partition coefficient (Wildman–Crippen LogP) is 3.35. The van der Waals surface area contributed by atoms with Crippen molar-refractivity contribution in [1.82, 2.24) is 20.0 Å². The first-order valence-electron chi connectivity index (χ1n) is 10.4. The molecule has 4 rings (SSSR count). The number of aryl methyl sites for hydroxylation is 1. The predicted molar refractivity (Wildman–Crippen MR) is 104 cm³/mol. The number of pyridine rings is 1. The van der Waals surface area contributed by atoms with Crippen molar-refractivity contribution in [3.05, 3.63) is 35.2 Å². The van der Waals surface area contributed by atoms with Gasteiger partial charge < -0.3 is 14.2 Å². The highest BCUT2D eigenvalue weighted by Crippen LogP contribution is 2.44. The molecule has 2 aliphatic rings. The number of alkyl halides is 3. The SMILES string of the molecule is Cc1nc(C(C)(CC(=O)c2cc(OCC(F)(F)F)c(C3CC3)cn2)C(=O)N2CCC2)no1. The number of nitrogens with zero attached hydrogens (tertiary/aromatic N) is 4. The van der Waals surface area contributed by atoms with Crippen LogP contribution in [0, 0.1) is 6.92 Å². The summed E-state index contributed by atoms with van der Waals surface area (Å²) in [5, 5.41) is 3.86. The van der Waals surface area contributed by atoms with Crippen molar-refractivity contribution in [3.8, 4) is 5.75 Å². The van der Waals surface area contributed by atoms with Crippen LogP contribution in [0.2, 0.25) is 0 Å². The van der Waals surface area contributed by atoms with Gasteiger partial charge in [-0.15, -0.1) is 0 Å². The number of rotatable bonds is 8. The lowest BCUT2D eigenvalue weighted by Gasteiger charge is -2.37. The van der Waals surface area contributed by atoms with Gasteiger partial charge in [0.2, 0.25) is 11.8 Å². The highest BCUT2D eigenvalue weighted by Gasteiger charge is 2.46. The number of likely N-dealkylation sites (tertiary alicyclic amines) is 1. The summed E-state index contributed by atoms with van der Waals surface area (Å²) in [6, 6.07) is 1.23. The summed E-state index contributed by atoms with van der Waals surface area (Å²) in [6.07, 6.45) is -0.897. The summed E-state index contributed by atoms with van der Waals surface area (Å²) in [7, 11) is 0. The van der Waals surface area contributed by atoms with Gasteiger partial charge in [0.15, 0.2) is 18.2 Å². The number of ketones is 1. The largest absolute Gasteiger partial charge is 0.484 e. The molecule has 2 fully saturated rings. The molecular formula is C21H23F3N4O4. The second kappa shape index (κ2) is 8.18. The monoisotopic (exact) mass is 452 g/mol.